The summed E-state index contributed by atoms with van der Waals surface area (Å²) >= 11 is 0. The quantitative estimate of drug-likeness (QED) is 0.776. The first-order chi connectivity index (χ1) is 8.74. The van der Waals surface area contributed by atoms with Crippen molar-refractivity contribution in [2.75, 3.05) is 13.7 Å². The van der Waals surface area contributed by atoms with Crippen LogP contribution in [0, 0.1) is 23.2 Å². The average molecular weight is 269 g/mol. The molecule has 2 aliphatic carbocycles. The van der Waals surface area contributed by atoms with Crippen LogP contribution in [0.3, 0.4) is 0 Å². The van der Waals surface area contributed by atoms with Gasteiger partial charge in [-0.3, -0.25) is 9.59 Å². The van der Waals surface area contributed by atoms with Crippen molar-refractivity contribution in [1.29, 1.82) is 0 Å². The fourth-order valence-corrected chi connectivity index (χ4v) is 3.28. The maximum atomic E-state index is 12.3. The topological polar surface area (TPSA) is 78.6 Å². The van der Waals surface area contributed by atoms with Crippen LogP contribution in [0.2, 0.25) is 0 Å². The van der Waals surface area contributed by atoms with Crippen LogP contribution in [-0.2, 0) is 19.1 Å². The van der Waals surface area contributed by atoms with E-state index in [0.29, 0.717) is 12.8 Å². The standard InChI is InChI=1S/C14H23NO4/c1-13(2,3)19-12(17)14(7-15)5-8-9(6-14)10(8)11(16)18-4/h8-10H,5-7,15H2,1-4H3. The first-order valence-electron chi connectivity index (χ1n) is 6.75. The summed E-state index contributed by atoms with van der Waals surface area (Å²) in [4.78, 5) is 23.8. The van der Waals surface area contributed by atoms with Crippen LogP contribution >= 0.6 is 0 Å². The summed E-state index contributed by atoms with van der Waals surface area (Å²) in [6.45, 7) is 5.83. The van der Waals surface area contributed by atoms with E-state index in [1.807, 2.05) is 20.8 Å². The molecule has 5 heteroatoms. The third-order valence-corrected chi connectivity index (χ3v) is 4.28. The predicted molar refractivity (Wildman–Crippen MR) is 69.1 cm³/mol. The van der Waals surface area contributed by atoms with Gasteiger partial charge >= 0.3 is 11.9 Å². The largest absolute Gasteiger partial charge is 0.469 e. The number of rotatable bonds is 3. The predicted octanol–water partition coefficient (Wildman–Crippen LogP) is 1.10. The van der Waals surface area contributed by atoms with Crippen molar-refractivity contribution < 1.29 is 19.1 Å². The summed E-state index contributed by atoms with van der Waals surface area (Å²) in [5, 5.41) is 0. The number of hydrogen-bond donors (Lipinski definition) is 1. The molecule has 2 N–H and O–H groups in total. The Hall–Kier alpha value is -1.10. The highest BCUT2D eigenvalue weighted by Crippen LogP contribution is 2.64. The molecule has 0 amide bonds. The van der Waals surface area contributed by atoms with Gasteiger partial charge in [-0.15, -0.1) is 0 Å². The first-order valence-corrected chi connectivity index (χ1v) is 6.75. The van der Waals surface area contributed by atoms with Crippen LogP contribution in [-0.4, -0.2) is 31.2 Å². The molecule has 19 heavy (non-hydrogen) atoms. The number of carbonyl (C=O) groups is 2. The van der Waals surface area contributed by atoms with Gasteiger partial charge in [0.15, 0.2) is 0 Å². The SMILES string of the molecule is COC(=O)C1C2CC(CN)(C(=O)OC(C)(C)C)CC21. The number of esters is 2. The van der Waals surface area contributed by atoms with Crippen LogP contribution in [0.4, 0.5) is 0 Å². The van der Waals surface area contributed by atoms with Crippen molar-refractivity contribution >= 4 is 11.9 Å². The molecule has 0 radical (unpaired) electrons. The van der Waals surface area contributed by atoms with E-state index >= 15 is 0 Å². The molecule has 2 fully saturated rings. The van der Waals surface area contributed by atoms with Gasteiger partial charge in [-0.25, -0.2) is 0 Å². The molecule has 0 aromatic rings. The van der Waals surface area contributed by atoms with Crippen LogP contribution in [0.25, 0.3) is 0 Å². The highest BCUT2D eigenvalue weighted by molar-refractivity contribution is 5.81. The molecule has 5 nitrogen and oxygen atoms in total. The lowest BCUT2D eigenvalue weighted by molar-refractivity contribution is -0.168. The molecule has 0 aliphatic heterocycles. The molecule has 2 aliphatic rings. The molecule has 0 spiro atoms. The molecule has 0 bridgehead atoms. The third kappa shape index (κ3) is 2.48. The zero-order chi connectivity index (χ0) is 14.4. The van der Waals surface area contributed by atoms with E-state index < -0.39 is 11.0 Å². The maximum Gasteiger partial charge on any atom is 0.313 e. The van der Waals surface area contributed by atoms with E-state index in [4.69, 9.17) is 15.2 Å². The maximum absolute atomic E-state index is 12.3. The zero-order valence-corrected chi connectivity index (χ0v) is 12.1. The molecule has 2 rings (SSSR count). The molecular weight excluding hydrogens is 246 g/mol. The van der Waals surface area contributed by atoms with Crippen molar-refractivity contribution in [3.8, 4) is 0 Å². The minimum Gasteiger partial charge on any atom is -0.469 e. The van der Waals surface area contributed by atoms with E-state index in [1.54, 1.807) is 0 Å². The summed E-state index contributed by atoms with van der Waals surface area (Å²) in [6, 6.07) is 0. The Morgan fingerprint density at radius 3 is 2.16 bits per heavy atom. The van der Waals surface area contributed by atoms with Crippen molar-refractivity contribution in [3.05, 3.63) is 0 Å². The Bertz CT molecular complexity index is 387. The second-order valence-corrected chi connectivity index (χ2v) is 6.77. The van der Waals surface area contributed by atoms with Crippen LogP contribution in [0.5, 0.6) is 0 Å². The molecule has 0 aromatic carbocycles. The van der Waals surface area contributed by atoms with E-state index in [-0.39, 0.29) is 36.2 Å². The Kier molecular flexibility index (Phi) is 3.37. The molecule has 2 saturated carbocycles. The summed E-state index contributed by atoms with van der Waals surface area (Å²) < 4.78 is 10.2. The van der Waals surface area contributed by atoms with Crippen molar-refractivity contribution in [1.82, 2.24) is 0 Å². The van der Waals surface area contributed by atoms with Gasteiger partial charge in [0, 0.05) is 6.54 Å². The van der Waals surface area contributed by atoms with Gasteiger partial charge in [0.2, 0.25) is 0 Å². The number of ether oxygens (including phenoxy) is 2. The number of nitrogens with two attached hydrogens (primary N) is 1. The Labute approximate surface area is 113 Å². The summed E-state index contributed by atoms with van der Waals surface area (Å²) in [5.41, 5.74) is 4.70. The number of methoxy groups -OCH3 is 1. The molecule has 0 saturated heterocycles. The van der Waals surface area contributed by atoms with Crippen LogP contribution in [0.15, 0.2) is 0 Å². The van der Waals surface area contributed by atoms with E-state index in [9.17, 15) is 9.59 Å². The summed E-state index contributed by atoms with van der Waals surface area (Å²) in [6.07, 6.45) is 1.28. The van der Waals surface area contributed by atoms with E-state index in [0.717, 1.165) is 0 Å². The summed E-state index contributed by atoms with van der Waals surface area (Å²) in [7, 11) is 1.40. The van der Waals surface area contributed by atoms with E-state index in [2.05, 4.69) is 0 Å². The summed E-state index contributed by atoms with van der Waals surface area (Å²) in [5.74, 6) is 0.0577. The Morgan fingerprint density at radius 1 is 1.26 bits per heavy atom. The first kappa shape index (κ1) is 14.3. The Morgan fingerprint density at radius 2 is 1.79 bits per heavy atom. The second-order valence-electron chi connectivity index (χ2n) is 6.77. The lowest BCUT2D eigenvalue weighted by Crippen LogP contribution is -2.42. The van der Waals surface area contributed by atoms with Crippen molar-refractivity contribution in [2.45, 2.75) is 39.2 Å². The molecule has 2 atom stereocenters. The van der Waals surface area contributed by atoms with Crippen molar-refractivity contribution in [3.63, 3.8) is 0 Å². The fraction of sp³-hybridized carbons (Fsp3) is 0.857. The van der Waals surface area contributed by atoms with Gasteiger partial charge in [0.25, 0.3) is 0 Å². The smallest absolute Gasteiger partial charge is 0.313 e. The monoisotopic (exact) mass is 269 g/mol. The van der Waals surface area contributed by atoms with Crippen LogP contribution in [0.1, 0.15) is 33.6 Å². The second kappa shape index (κ2) is 4.47. The average Bonchev–Trinajstić information content (AvgIpc) is 2.82. The minimum atomic E-state index is -0.604. The van der Waals surface area contributed by atoms with Crippen molar-refractivity contribution in [2.24, 2.45) is 28.9 Å². The lowest BCUT2D eigenvalue weighted by Gasteiger charge is -2.31. The number of carbonyl (C=O) groups excluding carboxylic acids is 2. The third-order valence-electron chi connectivity index (χ3n) is 4.28. The highest BCUT2D eigenvalue weighted by atomic mass is 16.6. The van der Waals surface area contributed by atoms with Gasteiger partial charge in [0.1, 0.15) is 5.60 Å². The molecular formula is C14H23NO4. The molecule has 0 aromatic heterocycles. The zero-order valence-electron chi connectivity index (χ0n) is 12.1. The van der Waals surface area contributed by atoms with E-state index in [1.165, 1.54) is 7.11 Å². The van der Waals surface area contributed by atoms with Gasteiger partial charge in [0.05, 0.1) is 18.4 Å². The molecule has 108 valence electrons. The molecule has 0 heterocycles. The Balaban J connectivity index is 2.02. The number of hydrogen-bond acceptors (Lipinski definition) is 5. The van der Waals surface area contributed by atoms with Crippen LogP contribution < -0.4 is 5.73 Å². The van der Waals surface area contributed by atoms with Gasteiger partial charge < -0.3 is 15.2 Å². The number of fused-ring (bicyclic) bond motifs is 1. The van der Waals surface area contributed by atoms with Gasteiger partial charge in [-0.1, -0.05) is 0 Å². The minimum absolute atomic E-state index is 0.0351. The van der Waals surface area contributed by atoms with Gasteiger partial charge in [-0.2, -0.15) is 0 Å². The molecule has 2 unspecified atom stereocenters. The highest BCUT2D eigenvalue weighted by Gasteiger charge is 2.67. The van der Waals surface area contributed by atoms with Gasteiger partial charge in [-0.05, 0) is 45.4 Å². The normalized spacial score (nSPS) is 36.6. The lowest BCUT2D eigenvalue weighted by atomic mass is 9.81. The fourth-order valence-electron chi connectivity index (χ4n) is 3.28.